The highest BCUT2D eigenvalue weighted by atomic mass is 32.1. The summed E-state index contributed by atoms with van der Waals surface area (Å²) >= 11 is 1.42. The van der Waals surface area contributed by atoms with Crippen LogP contribution in [0.5, 0.6) is 0 Å². The van der Waals surface area contributed by atoms with E-state index >= 15 is 0 Å². The summed E-state index contributed by atoms with van der Waals surface area (Å²) in [5, 5.41) is 13.6. The lowest BCUT2D eigenvalue weighted by Gasteiger charge is -2.17. The van der Waals surface area contributed by atoms with E-state index in [1.54, 1.807) is 30.3 Å². The standard InChI is InChI=1S/C22H24N8OS/c1-13(2)14(3)30-12-25-28-20(30)22-27-19(10-32-22)26-21(31)17-8-16(6-7-23-17)29-9-18(24-11-29)15-4-5-15/h6-15H,4-5H2,1-3H3,(H,26,31)/t14-/m0/s1. The number of carbonyl (C=O) groups is 1. The van der Waals surface area contributed by atoms with E-state index < -0.39 is 0 Å². The molecule has 1 aliphatic carbocycles. The summed E-state index contributed by atoms with van der Waals surface area (Å²) in [5.74, 6) is 1.85. The maximum Gasteiger partial charge on any atom is 0.275 e. The van der Waals surface area contributed by atoms with Crippen molar-refractivity contribution in [3.8, 4) is 16.5 Å². The van der Waals surface area contributed by atoms with Gasteiger partial charge in [0.1, 0.15) is 17.8 Å². The van der Waals surface area contributed by atoms with E-state index in [1.807, 2.05) is 21.4 Å². The maximum absolute atomic E-state index is 12.8. The van der Waals surface area contributed by atoms with Crippen molar-refractivity contribution in [2.24, 2.45) is 5.92 Å². The molecule has 1 saturated carbocycles. The zero-order valence-corrected chi connectivity index (χ0v) is 19.0. The van der Waals surface area contributed by atoms with Crippen molar-refractivity contribution in [2.45, 2.75) is 45.6 Å². The van der Waals surface area contributed by atoms with Gasteiger partial charge in [0.2, 0.25) is 0 Å². The lowest BCUT2D eigenvalue weighted by atomic mass is 10.1. The van der Waals surface area contributed by atoms with E-state index in [9.17, 15) is 4.79 Å². The number of anilines is 1. The van der Waals surface area contributed by atoms with E-state index in [1.165, 1.54) is 24.2 Å². The van der Waals surface area contributed by atoms with Crippen molar-refractivity contribution in [2.75, 3.05) is 5.32 Å². The Hall–Kier alpha value is -3.40. The predicted octanol–water partition coefficient (Wildman–Crippen LogP) is 4.33. The third-order valence-corrected chi connectivity index (χ3v) is 6.62. The Balaban J connectivity index is 1.32. The van der Waals surface area contributed by atoms with Crippen LogP contribution in [0.4, 0.5) is 5.82 Å². The minimum atomic E-state index is -0.316. The van der Waals surface area contributed by atoms with Gasteiger partial charge in [-0.15, -0.1) is 21.5 Å². The molecule has 10 heteroatoms. The number of nitrogens with zero attached hydrogens (tertiary/aromatic N) is 7. The summed E-state index contributed by atoms with van der Waals surface area (Å²) in [7, 11) is 0. The first-order chi connectivity index (χ1) is 15.5. The molecule has 4 aromatic heterocycles. The van der Waals surface area contributed by atoms with Gasteiger partial charge >= 0.3 is 0 Å². The molecule has 1 fully saturated rings. The SMILES string of the molecule is CC(C)[C@H](C)n1cnnc1-c1nc(NC(=O)c2cc(-n3cnc(C4CC4)c3)ccn2)cs1. The molecule has 0 aromatic carbocycles. The highest BCUT2D eigenvalue weighted by Gasteiger charge is 2.26. The van der Waals surface area contributed by atoms with E-state index in [4.69, 9.17) is 0 Å². The molecule has 0 aliphatic heterocycles. The lowest BCUT2D eigenvalue weighted by molar-refractivity contribution is 0.102. The molecule has 1 N–H and O–H groups in total. The molecule has 4 heterocycles. The molecule has 0 saturated heterocycles. The van der Waals surface area contributed by atoms with Gasteiger partial charge in [-0.05, 0) is 37.8 Å². The molecular formula is C22H24N8OS. The Bertz CT molecular complexity index is 1250. The second-order valence-electron chi connectivity index (χ2n) is 8.42. The van der Waals surface area contributed by atoms with Crippen LogP contribution < -0.4 is 5.32 Å². The summed E-state index contributed by atoms with van der Waals surface area (Å²) in [6, 6.07) is 3.85. The van der Waals surface area contributed by atoms with Crippen molar-refractivity contribution in [1.82, 2.24) is 34.3 Å². The van der Waals surface area contributed by atoms with Crippen LogP contribution in [-0.2, 0) is 0 Å². The second kappa shape index (κ2) is 8.27. The Morgan fingerprint density at radius 3 is 2.84 bits per heavy atom. The van der Waals surface area contributed by atoms with Crippen LogP contribution in [-0.4, -0.2) is 40.2 Å². The fourth-order valence-electron chi connectivity index (χ4n) is 3.40. The van der Waals surface area contributed by atoms with Gasteiger partial charge in [-0.25, -0.2) is 9.97 Å². The fourth-order valence-corrected chi connectivity index (χ4v) is 4.14. The number of nitrogens with one attached hydrogen (secondary N) is 1. The summed E-state index contributed by atoms with van der Waals surface area (Å²) < 4.78 is 3.94. The Labute approximate surface area is 189 Å². The van der Waals surface area contributed by atoms with Crippen molar-refractivity contribution in [1.29, 1.82) is 0 Å². The average Bonchev–Trinajstić information content (AvgIpc) is 3.20. The number of hydrogen-bond acceptors (Lipinski definition) is 7. The molecule has 0 bridgehead atoms. The number of carbonyl (C=O) groups excluding carboxylic acids is 1. The molecule has 1 amide bonds. The first-order valence-corrected chi connectivity index (χ1v) is 11.5. The maximum atomic E-state index is 12.8. The van der Waals surface area contributed by atoms with Gasteiger partial charge in [-0.1, -0.05) is 13.8 Å². The number of hydrogen-bond donors (Lipinski definition) is 1. The Morgan fingerprint density at radius 1 is 1.22 bits per heavy atom. The average molecular weight is 449 g/mol. The number of rotatable bonds is 7. The third kappa shape index (κ3) is 4.05. The van der Waals surface area contributed by atoms with Crippen LogP contribution in [0.25, 0.3) is 16.5 Å². The number of amides is 1. The normalized spacial score (nSPS) is 14.6. The largest absolute Gasteiger partial charge is 0.308 e. The quantitative estimate of drug-likeness (QED) is 0.451. The number of aromatic nitrogens is 7. The first-order valence-electron chi connectivity index (χ1n) is 10.7. The van der Waals surface area contributed by atoms with E-state index in [0.29, 0.717) is 34.2 Å². The van der Waals surface area contributed by atoms with Gasteiger partial charge in [0.15, 0.2) is 10.8 Å². The highest BCUT2D eigenvalue weighted by Crippen LogP contribution is 2.39. The predicted molar refractivity (Wildman–Crippen MR) is 122 cm³/mol. The summed E-state index contributed by atoms with van der Waals surface area (Å²) in [6.45, 7) is 6.43. The number of thiazole rings is 1. The van der Waals surface area contributed by atoms with E-state index in [-0.39, 0.29) is 11.9 Å². The first kappa shape index (κ1) is 20.5. The van der Waals surface area contributed by atoms with Crippen LogP contribution in [0, 0.1) is 5.92 Å². The van der Waals surface area contributed by atoms with Crippen molar-refractivity contribution >= 4 is 23.1 Å². The van der Waals surface area contributed by atoms with Crippen molar-refractivity contribution in [3.05, 3.63) is 53.9 Å². The Kier molecular flexibility index (Phi) is 5.30. The molecule has 0 radical (unpaired) electrons. The lowest BCUT2D eigenvalue weighted by Crippen LogP contribution is -2.14. The molecule has 1 aliphatic rings. The molecule has 164 valence electrons. The van der Waals surface area contributed by atoms with E-state index in [2.05, 4.69) is 51.2 Å². The van der Waals surface area contributed by atoms with Crippen LogP contribution >= 0.6 is 11.3 Å². The molecule has 9 nitrogen and oxygen atoms in total. The zero-order valence-electron chi connectivity index (χ0n) is 18.1. The van der Waals surface area contributed by atoms with Crippen molar-refractivity contribution < 1.29 is 4.79 Å². The zero-order chi connectivity index (χ0) is 22.2. The van der Waals surface area contributed by atoms with Crippen LogP contribution in [0.15, 0.2) is 42.6 Å². The van der Waals surface area contributed by atoms with Crippen LogP contribution in [0.3, 0.4) is 0 Å². The molecule has 5 rings (SSSR count). The molecule has 4 aromatic rings. The van der Waals surface area contributed by atoms with Gasteiger partial charge < -0.3 is 14.5 Å². The fraction of sp³-hybridized carbons (Fsp3) is 0.364. The second-order valence-corrected chi connectivity index (χ2v) is 9.28. The molecular weight excluding hydrogens is 424 g/mol. The molecule has 0 unspecified atom stereocenters. The topological polar surface area (TPSA) is 103 Å². The van der Waals surface area contributed by atoms with E-state index in [0.717, 1.165) is 11.4 Å². The van der Waals surface area contributed by atoms with Crippen molar-refractivity contribution in [3.63, 3.8) is 0 Å². The molecule has 1 atom stereocenters. The molecule has 32 heavy (non-hydrogen) atoms. The minimum Gasteiger partial charge on any atom is -0.308 e. The van der Waals surface area contributed by atoms with Gasteiger partial charge in [-0.3, -0.25) is 9.78 Å². The van der Waals surface area contributed by atoms with Gasteiger partial charge in [0.05, 0.1) is 17.7 Å². The van der Waals surface area contributed by atoms with Gasteiger partial charge in [0.25, 0.3) is 5.91 Å². The van der Waals surface area contributed by atoms with Crippen LogP contribution in [0.1, 0.15) is 61.8 Å². The van der Waals surface area contributed by atoms with Crippen LogP contribution in [0.2, 0.25) is 0 Å². The summed E-state index contributed by atoms with van der Waals surface area (Å²) in [6.07, 6.45) is 9.55. The van der Waals surface area contributed by atoms with Gasteiger partial charge in [0, 0.05) is 29.7 Å². The summed E-state index contributed by atoms with van der Waals surface area (Å²) in [5.41, 5.74) is 2.26. The minimum absolute atomic E-state index is 0.234. The summed E-state index contributed by atoms with van der Waals surface area (Å²) in [4.78, 5) is 26.1. The highest BCUT2D eigenvalue weighted by molar-refractivity contribution is 7.13. The third-order valence-electron chi connectivity index (χ3n) is 5.79. The van der Waals surface area contributed by atoms with Gasteiger partial charge in [-0.2, -0.15) is 0 Å². The monoisotopic (exact) mass is 448 g/mol. The number of pyridine rings is 1. The Morgan fingerprint density at radius 2 is 2.06 bits per heavy atom. The smallest absolute Gasteiger partial charge is 0.275 e. The number of imidazole rings is 1. The molecule has 0 spiro atoms.